The fourth-order valence-corrected chi connectivity index (χ4v) is 5.01. The van der Waals surface area contributed by atoms with Gasteiger partial charge in [0.2, 0.25) is 0 Å². The SMILES string of the molecule is CN(OC(=O)C(NC(=O)OCC1c2ccccc2-c2ccccc21)C1CCCC1)C(=O)CCC=O. The van der Waals surface area contributed by atoms with Gasteiger partial charge < -0.3 is 19.7 Å². The van der Waals surface area contributed by atoms with Crippen LogP contribution in [0.15, 0.2) is 48.5 Å². The molecular formula is C27H30N2O6. The fraction of sp³-hybridized carbons (Fsp3) is 0.407. The van der Waals surface area contributed by atoms with E-state index in [0.29, 0.717) is 6.29 Å². The standard InChI is InChI=1S/C27H30N2O6/c1-29(24(31)15-8-16-30)35-26(32)25(18-9-2-3-10-18)28-27(33)34-17-23-21-13-6-4-11-19(21)20-12-5-7-14-22(20)23/h4-7,11-14,16,18,23,25H,2-3,8-10,15,17H2,1H3,(H,28,33). The highest BCUT2D eigenvalue weighted by Gasteiger charge is 2.36. The van der Waals surface area contributed by atoms with Gasteiger partial charge in [-0.05, 0) is 41.0 Å². The van der Waals surface area contributed by atoms with Crippen molar-refractivity contribution in [2.24, 2.45) is 5.92 Å². The smallest absolute Gasteiger partial charge is 0.407 e. The first kappa shape index (κ1) is 24.4. The van der Waals surface area contributed by atoms with E-state index in [-0.39, 0.29) is 31.3 Å². The maximum Gasteiger partial charge on any atom is 0.407 e. The average Bonchev–Trinajstić information content (AvgIpc) is 3.51. The van der Waals surface area contributed by atoms with Crippen LogP contribution in [-0.4, -0.2) is 49.0 Å². The van der Waals surface area contributed by atoms with E-state index < -0.39 is 24.0 Å². The number of carbonyl (C=O) groups is 4. The van der Waals surface area contributed by atoms with Gasteiger partial charge >= 0.3 is 12.1 Å². The third-order valence-electron chi connectivity index (χ3n) is 6.80. The van der Waals surface area contributed by atoms with E-state index in [4.69, 9.17) is 9.57 Å². The summed E-state index contributed by atoms with van der Waals surface area (Å²) in [6.45, 7) is 0.135. The summed E-state index contributed by atoms with van der Waals surface area (Å²) in [5.41, 5.74) is 4.46. The molecule has 1 fully saturated rings. The van der Waals surface area contributed by atoms with Crippen LogP contribution in [0, 0.1) is 5.92 Å². The molecule has 0 aromatic heterocycles. The topological polar surface area (TPSA) is 102 Å². The normalized spacial score (nSPS) is 15.6. The molecule has 0 bridgehead atoms. The third-order valence-corrected chi connectivity index (χ3v) is 6.80. The van der Waals surface area contributed by atoms with Crippen LogP contribution in [-0.2, 0) is 24.0 Å². The number of benzene rings is 2. The molecule has 2 aliphatic carbocycles. The Bertz CT molecular complexity index is 1050. The largest absolute Gasteiger partial charge is 0.449 e. The highest BCUT2D eigenvalue weighted by atomic mass is 16.7. The van der Waals surface area contributed by atoms with E-state index in [1.54, 1.807) is 0 Å². The minimum Gasteiger partial charge on any atom is -0.449 e. The predicted molar refractivity (Wildman–Crippen MR) is 128 cm³/mol. The molecule has 2 aliphatic rings. The summed E-state index contributed by atoms with van der Waals surface area (Å²) in [6, 6.07) is 15.2. The average molecular weight is 479 g/mol. The van der Waals surface area contributed by atoms with Gasteiger partial charge in [-0.3, -0.25) is 4.79 Å². The Labute approximate surface area is 204 Å². The van der Waals surface area contributed by atoms with Crippen LogP contribution >= 0.6 is 0 Å². The van der Waals surface area contributed by atoms with Crippen LogP contribution in [0.25, 0.3) is 11.1 Å². The Morgan fingerprint density at radius 3 is 2.23 bits per heavy atom. The molecule has 0 saturated heterocycles. The lowest BCUT2D eigenvalue weighted by molar-refractivity contribution is -0.195. The zero-order valence-corrected chi connectivity index (χ0v) is 19.8. The molecule has 0 heterocycles. The van der Waals surface area contributed by atoms with Crippen molar-refractivity contribution >= 4 is 24.3 Å². The van der Waals surface area contributed by atoms with Crippen molar-refractivity contribution in [1.82, 2.24) is 10.4 Å². The minimum absolute atomic E-state index is 0.0464. The second kappa shape index (κ2) is 11.2. The van der Waals surface area contributed by atoms with Crippen molar-refractivity contribution in [1.29, 1.82) is 0 Å². The Kier molecular flexibility index (Phi) is 7.80. The zero-order chi connectivity index (χ0) is 24.8. The summed E-state index contributed by atoms with van der Waals surface area (Å²) in [5.74, 6) is -1.39. The quantitative estimate of drug-likeness (QED) is 0.455. The van der Waals surface area contributed by atoms with E-state index in [1.165, 1.54) is 7.05 Å². The van der Waals surface area contributed by atoms with Crippen LogP contribution in [0.3, 0.4) is 0 Å². The lowest BCUT2D eigenvalue weighted by atomic mass is 9.98. The number of hydrogen-bond acceptors (Lipinski definition) is 6. The molecule has 35 heavy (non-hydrogen) atoms. The zero-order valence-electron chi connectivity index (χ0n) is 19.8. The molecule has 1 unspecified atom stereocenters. The van der Waals surface area contributed by atoms with E-state index >= 15 is 0 Å². The first-order valence-corrected chi connectivity index (χ1v) is 12.0. The van der Waals surface area contributed by atoms with Crippen molar-refractivity contribution in [2.45, 2.75) is 50.5 Å². The second-order valence-electron chi connectivity index (χ2n) is 9.00. The number of fused-ring (bicyclic) bond motifs is 3. The number of carbonyl (C=O) groups excluding carboxylic acids is 4. The van der Waals surface area contributed by atoms with Gasteiger partial charge in [0.1, 0.15) is 18.9 Å². The van der Waals surface area contributed by atoms with Crippen LogP contribution in [0.1, 0.15) is 55.6 Å². The Morgan fingerprint density at radius 2 is 1.63 bits per heavy atom. The summed E-state index contributed by atoms with van der Waals surface area (Å²) in [5, 5.41) is 3.51. The summed E-state index contributed by atoms with van der Waals surface area (Å²) in [7, 11) is 1.32. The summed E-state index contributed by atoms with van der Waals surface area (Å²) >= 11 is 0. The number of nitrogens with zero attached hydrogens (tertiary/aromatic N) is 1. The van der Waals surface area contributed by atoms with Gasteiger partial charge in [0.05, 0.1) is 0 Å². The van der Waals surface area contributed by atoms with Crippen molar-refractivity contribution in [3.8, 4) is 11.1 Å². The van der Waals surface area contributed by atoms with Gasteiger partial charge in [-0.25, -0.2) is 9.59 Å². The molecule has 0 spiro atoms. The number of hydroxylamine groups is 2. The molecule has 1 saturated carbocycles. The van der Waals surface area contributed by atoms with E-state index in [9.17, 15) is 19.2 Å². The fourth-order valence-electron chi connectivity index (χ4n) is 5.01. The monoisotopic (exact) mass is 478 g/mol. The van der Waals surface area contributed by atoms with Crippen molar-refractivity contribution in [3.05, 3.63) is 59.7 Å². The molecular weight excluding hydrogens is 448 g/mol. The molecule has 2 aromatic carbocycles. The number of amides is 2. The lowest BCUT2D eigenvalue weighted by Gasteiger charge is -2.25. The lowest BCUT2D eigenvalue weighted by Crippen LogP contribution is -2.48. The van der Waals surface area contributed by atoms with E-state index in [0.717, 1.165) is 53.0 Å². The molecule has 2 aromatic rings. The van der Waals surface area contributed by atoms with Crippen molar-refractivity contribution in [3.63, 3.8) is 0 Å². The number of aldehydes is 1. The maximum absolute atomic E-state index is 12.9. The summed E-state index contributed by atoms with van der Waals surface area (Å²) in [6.07, 6.45) is 3.37. The molecule has 8 heteroatoms. The van der Waals surface area contributed by atoms with Gasteiger partial charge in [0, 0.05) is 25.8 Å². The van der Waals surface area contributed by atoms with Crippen LogP contribution < -0.4 is 5.32 Å². The number of nitrogens with one attached hydrogen (secondary N) is 1. The van der Waals surface area contributed by atoms with Crippen molar-refractivity contribution in [2.75, 3.05) is 13.7 Å². The van der Waals surface area contributed by atoms with Gasteiger partial charge in [0.15, 0.2) is 0 Å². The Morgan fingerprint density at radius 1 is 1.03 bits per heavy atom. The summed E-state index contributed by atoms with van der Waals surface area (Å²) < 4.78 is 5.61. The van der Waals surface area contributed by atoms with Crippen LogP contribution in [0.2, 0.25) is 0 Å². The van der Waals surface area contributed by atoms with Crippen molar-refractivity contribution < 1.29 is 28.8 Å². The molecule has 8 nitrogen and oxygen atoms in total. The Hall–Kier alpha value is -3.68. The number of ether oxygens (including phenoxy) is 1. The molecule has 184 valence electrons. The second-order valence-corrected chi connectivity index (χ2v) is 9.00. The molecule has 2 amide bonds. The molecule has 1 N–H and O–H groups in total. The summed E-state index contributed by atoms with van der Waals surface area (Å²) in [4.78, 5) is 53.4. The highest BCUT2D eigenvalue weighted by molar-refractivity contribution is 5.84. The number of alkyl carbamates (subject to hydrolysis) is 1. The Balaban J connectivity index is 1.40. The van der Waals surface area contributed by atoms with E-state index in [1.807, 2.05) is 36.4 Å². The van der Waals surface area contributed by atoms with Gasteiger partial charge in [-0.1, -0.05) is 61.4 Å². The molecule has 1 atom stereocenters. The van der Waals surface area contributed by atoms with Gasteiger partial charge in [-0.2, -0.15) is 5.06 Å². The van der Waals surface area contributed by atoms with E-state index in [2.05, 4.69) is 17.4 Å². The van der Waals surface area contributed by atoms with Gasteiger partial charge in [-0.15, -0.1) is 0 Å². The molecule has 0 aliphatic heterocycles. The molecule has 0 radical (unpaired) electrons. The minimum atomic E-state index is -0.922. The number of hydrogen-bond donors (Lipinski definition) is 1. The van der Waals surface area contributed by atoms with Gasteiger partial charge in [0.25, 0.3) is 5.91 Å². The highest BCUT2D eigenvalue weighted by Crippen LogP contribution is 2.44. The molecule has 4 rings (SSSR count). The first-order valence-electron chi connectivity index (χ1n) is 12.0. The maximum atomic E-state index is 12.9. The van der Waals surface area contributed by atoms with Crippen LogP contribution in [0.4, 0.5) is 4.79 Å². The van der Waals surface area contributed by atoms with Crippen LogP contribution in [0.5, 0.6) is 0 Å². The number of rotatable bonds is 8. The predicted octanol–water partition coefficient (Wildman–Crippen LogP) is 3.98. The first-order chi connectivity index (χ1) is 17.0. The third kappa shape index (κ3) is 5.53.